The zero-order valence-corrected chi connectivity index (χ0v) is 17.3. The topological polar surface area (TPSA) is 59.1 Å². The zero-order valence-electron chi connectivity index (χ0n) is 17.3. The van der Waals surface area contributed by atoms with Crippen molar-refractivity contribution in [2.24, 2.45) is 0 Å². The van der Waals surface area contributed by atoms with E-state index in [0.29, 0.717) is 35.7 Å². The smallest absolute Gasteiger partial charge is 0.277 e. The molecule has 0 spiro atoms. The molecule has 4 rings (SSSR count). The molecule has 0 saturated carbocycles. The number of imide groups is 1. The number of ether oxygens (including phenoxy) is 2. The summed E-state index contributed by atoms with van der Waals surface area (Å²) in [5.41, 5.74) is 2.47. The maximum absolute atomic E-state index is 13.4. The number of likely N-dealkylation sites (N-methyl/N-ethyl adjacent to an activating group) is 1. The van der Waals surface area contributed by atoms with E-state index in [4.69, 9.17) is 9.47 Å². The Morgan fingerprint density at radius 2 is 1.80 bits per heavy atom. The minimum Gasteiger partial charge on any atom is -0.496 e. The van der Waals surface area contributed by atoms with Gasteiger partial charge in [0.15, 0.2) is 0 Å². The average molecular weight is 406 g/mol. The first-order valence-electron chi connectivity index (χ1n) is 10.2. The van der Waals surface area contributed by atoms with Gasteiger partial charge in [0.1, 0.15) is 11.4 Å². The lowest BCUT2D eigenvalue weighted by Gasteiger charge is -2.22. The summed E-state index contributed by atoms with van der Waals surface area (Å²) in [7, 11) is 3.41. The van der Waals surface area contributed by atoms with E-state index >= 15 is 0 Å². The Kier molecular flexibility index (Phi) is 5.86. The summed E-state index contributed by atoms with van der Waals surface area (Å²) < 4.78 is 11.2. The van der Waals surface area contributed by atoms with Gasteiger partial charge in [0.05, 0.1) is 25.3 Å². The lowest BCUT2D eigenvalue weighted by Crippen LogP contribution is -2.39. The molecule has 0 aromatic heterocycles. The third kappa shape index (κ3) is 3.83. The summed E-state index contributed by atoms with van der Waals surface area (Å²) in [6, 6.07) is 17.2. The number of benzene rings is 2. The maximum Gasteiger partial charge on any atom is 0.277 e. The third-order valence-electron chi connectivity index (χ3n) is 5.57. The van der Waals surface area contributed by atoms with Crippen LogP contribution >= 0.6 is 0 Å². The summed E-state index contributed by atoms with van der Waals surface area (Å²) in [5, 5.41) is 0. The van der Waals surface area contributed by atoms with E-state index in [1.54, 1.807) is 13.2 Å². The summed E-state index contributed by atoms with van der Waals surface area (Å²) >= 11 is 0. The highest BCUT2D eigenvalue weighted by Gasteiger charge is 2.42. The Morgan fingerprint density at radius 1 is 1.07 bits per heavy atom. The molecule has 2 aliphatic rings. The molecule has 1 fully saturated rings. The van der Waals surface area contributed by atoms with E-state index in [1.807, 2.05) is 60.5 Å². The van der Waals surface area contributed by atoms with Crippen LogP contribution in [0.25, 0.3) is 5.57 Å². The summed E-state index contributed by atoms with van der Waals surface area (Å²) in [6.07, 6.45) is 1.71. The van der Waals surface area contributed by atoms with Crippen LogP contribution in [0, 0.1) is 0 Å². The summed E-state index contributed by atoms with van der Waals surface area (Å²) in [6.45, 7) is 1.47. The van der Waals surface area contributed by atoms with Gasteiger partial charge in [0, 0.05) is 25.8 Å². The van der Waals surface area contributed by atoms with Crippen molar-refractivity contribution in [1.82, 2.24) is 9.80 Å². The van der Waals surface area contributed by atoms with Crippen LogP contribution in [0.1, 0.15) is 24.0 Å². The van der Waals surface area contributed by atoms with Crippen molar-refractivity contribution < 1.29 is 19.1 Å². The molecule has 0 radical (unpaired) electrons. The molecule has 2 aliphatic heterocycles. The molecule has 0 bridgehead atoms. The van der Waals surface area contributed by atoms with E-state index in [-0.39, 0.29) is 24.5 Å². The van der Waals surface area contributed by atoms with E-state index in [0.717, 1.165) is 18.4 Å². The van der Waals surface area contributed by atoms with Gasteiger partial charge < -0.3 is 14.4 Å². The molecule has 0 aliphatic carbocycles. The molecule has 156 valence electrons. The van der Waals surface area contributed by atoms with Gasteiger partial charge in [-0.2, -0.15) is 0 Å². The SMILES string of the molecule is COc1ccccc1C1=C(N(C)Cc2ccccc2)C(=O)N(CC2CCCO2)C1=O. The Balaban J connectivity index is 1.73. The highest BCUT2D eigenvalue weighted by atomic mass is 16.5. The molecule has 30 heavy (non-hydrogen) atoms. The Bertz CT molecular complexity index is 964. The number of amides is 2. The van der Waals surface area contributed by atoms with Gasteiger partial charge in [-0.25, -0.2) is 0 Å². The first-order chi connectivity index (χ1) is 14.6. The van der Waals surface area contributed by atoms with E-state index in [2.05, 4.69) is 0 Å². The fourth-order valence-electron chi connectivity index (χ4n) is 4.11. The van der Waals surface area contributed by atoms with Crippen molar-refractivity contribution in [3.05, 3.63) is 71.4 Å². The third-order valence-corrected chi connectivity index (χ3v) is 5.57. The van der Waals surface area contributed by atoms with Gasteiger partial charge in [0.2, 0.25) is 0 Å². The lowest BCUT2D eigenvalue weighted by atomic mass is 10.0. The highest BCUT2D eigenvalue weighted by molar-refractivity contribution is 6.36. The van der Waals surface area contributed by atoms with Crippen molar-refractivity contribution in [2.45, 2.75) is 25.5 Å². The number of rotatable bonds is 7. The number of nitrogens with zero attached hydrogens (tertiary/aromatic N) is 2. The van der Waals surface area contributed by atoms with Crippen LogP contribution in [-0.4, -0.2) is 55.0 Å². The molecule has 1 unspecified atom stereocenters. The van der Waals surface area contributed by atoms with Crippen LogP contribution in [0.2, 0.25) is 0 Å². The fraction of sp³-hybridized carbons (Fsp3) is 0.333. The number of hydrogen-bond acceptors (Lipinski definition) is 5. The molecule has 2 aromatic carbocycles. The molecule has 1 atom stereocenters. The first kappa shape index (κ1) is 20.2. The minimum atomic E-state index is -0.296. The number of carbonyl (C=O) groups is 2. The van der Waals surface area contributed by atoms with E-state index < -0.39 is 0 Å². The lowest BCUT2D eigenvalue weighted by molar-refractivity contribution is -0.139. The molecule has 2 amide bonds. The monoisotopic (exact) mass is 406 g/mol. The fourth-order valence-corrected chi connectivity index (χ4v) is 4.11. The van der Waals surface area contributed by atoms with Crippen molar-refractivity contribution in [3.63, 3.8) is 0 Å². The van der Waals surface area contributed by atoms with Gasteiger partial charge in [-0.05, 0) is 24.5 Å². The van der Waals surface area contributed by atoms with Crippen LogP contribution < -0.4 is 4.74 Å². The minimum absolute atomic E-state index is 0.101. The van der Waals surface area contributed by atoms with Crippen LogP contribution in [0.4, 0.5) is 0 Å². The number of para-hydroxylation sites is 1. The second-order valence-electron chi connectivity index (χ2n) is 7.62. The number of carbonyl (C=O) groups excluding carboxylic acids is 2. The van der Waals surface area contributed by atoms with Crippen molar-refractivity contribution in [3.8, 4) is 5.75 Å². The molecule has 6 nitrogen and oxygen atoms in total. The van der Waals surface area contributed by atoms with Crippen LogP contribution in [0.15, 0.2) is 60.3 Å². The van der Waals surface area contributed by atoms with E-state index in [1.165, 1.54) is 4.90 Å². The van der Waals surface area contributed by atoms with Gasteiger partial charge >= 0.3 is 0 Å². The second-order valence-corrected chi connectivity index (χ2v) is 7.62. The van der Waals surface area contributed by atoms with Crippen molar-refractivity contribution in [2.75, 3.05) is 27.3 Å². The average Bonchev–Trinajstić information content (AvgIpc) is 3.36. The molecular weight excluding hydrogens is 380 g/mol. The summed E-state index contributed by atoms with van der Waals surface area (Å²) in [4.78, 5) is 30.1. The van der Waals surface area contributed by atoms with Crippen molar-refractivity contribution in [1.29, 1.82) is 0 Å². The predicted molar refractivity (Wildman–Crippen MR) is 114 cm³/mol. The molecule has 1 saturated heterocycles. The van der Waals surface area contributed by atoms with Gasteiger partial charge in [-0.3, -0.25) is 14.5 Å². The normalized spacial score (nSPS) is 19.0. The number of methoxy groups -OCH3 is 1. The Hall–Kier alpha value is -3.12. The maximum atomic E-state index is 13.4. The zero-order chi connectivity index (χ0) is 21.1. The summed E-state index contributed by atoms with van der Waals surface area (Å²) in [5.74, 6) is -0.0111. The molecule has 2 heterocycles. The van der Waals surface area contributed by atoms with Gasteiger partial charge in [-0.15, -0.1) is 0 Å². The largest absolute Gasteiger partial charge is 0.496 e. The predicted octanol–water partition coefficient (Wildman–Crippen LogP) is 3.09. The molecule has 6 heteroatoms. The highest BCUT2D eigenvalue weighted by Crippen LogP contribution is 2.36. The number of hydrogen-bond donors (Lipinski definition) is 0. The van der Waals surface area contributed by atoms with Crippen LogP contribution in [0.3, 0.4) is 0 Å². The standard InChI is InChI=1S/C24H26N2O4/c1-25(15-17-9-4-3-5-10-17)22-21(19-12-6-7-13-20(19)29-2)23(27)26(24(22)28)16-18-11-8-14-30-18/h3-7,9-10,12-13,18H,8,11,14-16H2,1-2H3. The van der Waals surface area contributed by atoms with Gasteiger partial charge in [0.25, 0.3) is 11.8 Å². The molecule has 0 N–H and O–H groups in total. The second kappa shape index (κ2) is 8.71. The molecule has 2 aromatic rings. The Labute approximate surface area is 176 Å². The van der Waals surface area contributed by atoms with Crippen LogP contribution in [-0.2, 0) is 20.9 Å². The van der Waals surface area contributed by atoms with Crippen molar-refractivity contribution >= 4 is 17.4 Å². The quantitative estimate of drug-likeness (QED) is 0.662. The Morgan fingerprint density at radius 3 is 2.50 bits per heavy atom. The van der Waals surface area contributed by atoms with Gasteiger partial charge in [-0.1, -0.05) is 48.5 Å². The van der Waals surface area contributed by atoms with E-state index in [9.17, 15) is 9.59 Å². The first-order valence-corrected chi connectivity index (χ1v) is 10.2. The van der Waals surface area contributed by atoms with Crippen LogP contribution in [0.5, 0.6) is 5.75 Å². The molecular formula is C24H26N2O4.